The molecule has 4 atom stereocenters. The van der Waals surface area contributed by atoms with Crippen LogP contribution in [0.2, 0.25) is 0 Å². The number of carbonyl (C=O) groups is 1. The molecule has 26 heavy (non-hydrogen) atoms. The molecule has 5 rings (SSSR count). The number of nitrogens with zero attached hydrogens (tertiary/aromatic N) is 2. The average Bonchev–Trinajstić information content (AvgIpc) is 3.41. The van der Waals surface area contributed by atoms with Crippen LogP contribution in [0.15, 0.2) is 48.9 Å². The van der Waals surface area contributed by atoms with Crippen molar-refractivity contribution in [2.24, 2.45) is 17.8 Å². The van der Waals surface area contributed by atoms with Crippen LogP contribution in [-0.4, -0.2) is 28.5 Å². The number of aromatic nitrogens is 2. The third-order valence-corrected chi connectivity index (χ3v) is 5.79. The number of ether oxygens (including phenoxy) is 1. The van der Waals surface area contributed by atoms with Gasteiger partial charge in [-0.3, -0.25) is 14.8 Å². The van der Waals surface area contributed by atoms with E-state index in [-0.39, 0.29) is 17.9 Å². The molecule has 132 valence electrons. The Labute approximate surface area is 152 Å². The van der Waals surface area contributed by atoms with Crippen LogP contribution in [0, 0.1) is 17.8 Å². The second-order valence-electron chi connectivity index (χ2n) is 7.46. The first-order valence-electron chi connectivity index (χ1n) is 9.29. The fourth-order valence-electron chi connectivity index (χ4n) is 4.52. The van der Waals surface area contributed by atoms with Gasteiger partial charge in [-0.25, -0.2) is 0 Å². The molecule has 1 aromatic heterocycles. The van der Waals surface area contributed by atoms with E-state index in [0.29, 0.717) is 18.4 Å². The van der Waals surface area contributed by atoms with E-state index in [1.165, 1.54) is 0 Å². The Kier molecular flexibility index (Phi) is 3.73. The van der Waals surface area contributed by atoms with Crippen molar-refractivity contribution < 1.29 is 9.53 Å². The lowest BCUT2D eigenvalue weighted by Crippen LogP contribution is -2.39. The molecule has 2 aromatic rings. The van der Waals surface area contributed by atoms with E-state index in [2.05, 4.69) is 33.5 Å². The molecule has 1 saturated carbocycles. The van der Waals surface area contributed by atoms with E-state index in [9.17, 15) is 4.79 Å². The Balaban J connectivity index is 1.25. The normalized spacial score (nSPS) is 28.0. The van der Waals surface area contributed by atoms with E-state index >= 15 is 0 Å². The quantitative estimate of drug-likeness (QED) is 0.864. The molecule has 5 heteroatoms. The topological polar surface area (TPSA) is 64.1 Å². The Morgan fingerprint density at radius 2 is 2.19 bits per heavy atom. The standard InChI is InChI=1S/C21H21N3O2/c25-21(18-9-13-4-5-14(18)8-13)24-11-16-10-15-2-1-3-17(20(15)26-16)19-12-22-6-7-23-19/h1-7,12-14,16,18H,8-11H2,(H,24,25)/t13-,14+,16-,18+/m1/s1. The molecule has 1 N–H and O–H groups in total. The van der Waals surface area contributed by atoms with Gasteiger partial charge in [-0.15, -0.1) is 0 Å². The van der Waals surface area contributed by atoms with Crippen molar-refractivity contribution in [3.05, 3.63) is 54.5 Å². The largest absolute Gasteiger partial charge is 0.487 e. The van der Waals surface area contributed by atoms with E-state index in [1.54, 1.807) is 18.6 Å². The first-order valence-corrected chi connectivity index (χ1v) is 9.29. The molecule has 3 aliphatic rings. The summed E-state index contributed by atoms with van der Waals surface area (Å²) in [6.07, 6.45) is 12.5. The lowest BCUT2D eigenvalue weighted by atomic mass is 9.93. The van der Waals surface area contributed by atoms with Crippen molar-refractivity contribution >= 4 is 5.91 Å². The number of allylic oxidation sites excluding steroid dienone is 2. The summed E-state index contributed by atoms with van der Waals surface area (Å²) in [7, 11) is 0. The van der Waals surface area contributed by atoms with Gasteiger partial charge in [0.25, 0.3) is 0 Å². The highest BCUT2D eigenvalue weighted by Gasteiger charge is 2.40. The second-order valence-corrected chi connectivity index (χ2v) is 7.46. The minimum absolute atomic E-state index is 0.0269. The molecule has 0 saturated heterocycles. The molecule has 0 unspecified atom stereocenters. The number of nitrogens with one attached hydrogen (secondary N) is 1. The Bertz CT molecular complexity index is 865. The smallest absolute Gasteiger partial charge is 0.223 e. The van der Waals surface area contributed by atoms with Crippen molar-refractivity contribution in [1.82, 2.24) is 15.3 Å². The molecule has 0 radical (unpaired) electrons. The number of hydrogen-bond donors (Lipinski definition) is 1. The molecule has 1 fully saturated rings. The molecular formula is C21H21N3O2. The van der Waals surface area contributed by atoms with Crippen molar-refractivity contribution in [2.75, 3.05) is 6.54 Å². The van der Waals surface area contributed by atoms with Gasteiger partial charge in [0.1, 0.15) is 11.9 Å². The summed E-state index contributed by atoms with van der Waals surface area (Å²) in [5.41, 5.74) is 2.93. The van der Waals surface area contributed by atoms with Gasteiger partial charge in [-0.2, -0.15) is 0 Å². The maximum absolute atomic E-state index is 12.5. The average molecular weight is 347 g/mol. The van der Waals surface area contributed by atoms with Crippen molar-refractivity contribution in [3.63, 3.8) is 0 Å². The predicted molar refractivity (Wildman–Crippen MR) is 97.4 cm³/mol. The van der Waals surface area contributed by atoms with Crippen LogP contribution in [0.3, 0.4) is 0 Å². The first-order chi connectivity index (χ1) is 12.8. The highest BCUT2D eigenvalue weighted by molar-refractivity contribution is 5.80. The van der Waals surface area contributed by atoms with Gasteiger partial charge in [0.05, 0.1) is 18.4 Å². The highest BCUT2D eigenvalue weighted by Crippen LogP contribution is 2.43. The Hall–Kier alpha value is -2.69. The molecule has 1 aliphatic heterocycles. The number of benzene rings is 1. The SMILES string of the molecule is O=C(NC[C@H]1Cc2cccc(-c3cnccn3)c2O1)[C@H]1C[C@@H]2C=C[C@H]1C2. The number of rotatable bonds is 4. The maximum atomic E-state index is 12.5. The fourth-order valence-corrected chi connectivity index (χ4v) is 4.52. The molecule has 5 nitrogen and oxygen atoms in total. The van der Waals surface area contributed by atoms with Crippen LogP contribution in [-0.2, 0) is 11.2 Å². The highest BCUT2D eigenvalue weighted by atomic mass is 16.5. The van der Waals surface area contributed by atoms with Gasteiger partial charge in [0.15, 0.2) is 0 Å². The van der Waals surface area contributed by atoms with Gasteiger partial charge in [0, 0.05) is 30.3 Å². The molecule has 2 heterocycles. The van der Waals surface area contributed by atoms with E-state index < -0.39 is 0 Å². The minimum atomic E-state index is -0.0269. The van der Waals surface area contributed by atoms with Gasteiger partial charge in [-0.05, 0) is 36.3 Å². The maximum Gasteiger partial charge on any atom is 0.223 e. The number of carbonyl (C=O) groups excluding carboxylic acids is 1. The summed E-state index contributed by atoms with van der Waals surface area (Å²) >= 11 is 0. The summed E-state index contributed by atoms with van der Waals surface area (Å²) in [6, 6.07) is 6.11. The molecule has 1 aromatic carbocycles. The van der Waals surface area contributed by atoms with E-state index in [1.807, 2.05) is 12.1 Å². The Morgan fingerprint density at radius 1 is 1.23 bits per heavy atom. The second kappa shape index (κ2) is 6.24. The zero-order valence-electron chi connectivity index (χ0n) is 14.5. The lowest BCUT2D eigenvalue weighted by Gasteiger charge is -2.19. The number of hydrogen-bond acceptors (Lipinski definition) is 4. The molecule has 2 bridgehead atoms. The summed E-state index contributed by atoms with van der Waals surface area (Å²) in [6.45, 7) is 0.547. The summed E-state index contributed by atoms with van der Waals surface area (Å²) < 4.78 is 6.17. The molecular weight excluding hydrogens is 326 g/mol. The predicted octanol–water partition coefficient (Wildman–Crippen LogP) is 2.78. The lowest BCUT2D eigenvalue weighted by molar-refractivity contribution is -0.126. The minimum Gasteiger partial charge on any atom is -0.487 e. The number of fused-ring (bicyclic) bond motifs is 3. The van der Waals surface area contributed by atoms with E-state index in [4.69, 9.17) is 4.74 Å². The summed E-state index contributed by atoms with van der Waals surface area (Å²) in [5, 5.41) is 3.12. The van der Waals surface area contributed by atoms with Gasteiger partial charge >= 0.3 is 0 Å². The van der Waals surface area contributed by atoms with Crippen LogP contribution >= 0.6 is 0 Å². The zero-order chi connectivity index (χ0) is 17.5. The van der Waals surface area contributed by atoms with Crippen LogP contribution in [0.1, 0.15) is 18.4 Å². The van der Waals surface area contributed by atoms with Gasteiger partial charge in [-0.1, -0.05) is 24.3 Å². The van der Waals surface area contributed by atoms with Crippen molar-refractivity contribution in [1.29, 1.82) is 0 Å². The Morgan fingerprint density at radius 3 is 2.96 bits per heavy atom. The van der Waals surface area contributed by atoms with Crippen molar-refractivity contribution in [2.45, 2.75) is 25.4 Å². The van der Waals surface area contributed by atoms with Crippen LogP contribution in [0.25, 0.3) is 11.3 Å². The van der Waals surface area contributed by atoms with Gasteiger partial charge < -0.3 is 10.1 Å². The van der Waals surface area contributed by atoms with Crippen LogP contribution in [0.5, 0.6) is 5.75 Å². The van der Waals surface area contributed by atoms with Gasteiger partial charge in [0.2, 0.25) is 5.91 Å². The third-order valence-electron chi connectivity index (χ3n) is 5.79. The number of para-hydroxylation sites is 1. The first kappa shape index (κ1) is 15.6. The molecule has 1 amide bonds. The van der Waals surface area contributed by atoms with Crippen molar-refractivity contribution in [3.8, 4) is 17.0 Å². The molecule has 2 aliphatic carbocycles. The summed E-state index contributed by atoms with van der Waals surface area (Å²) in [5.74, 6) is 2.23. The fraction of sp³-hybridized carbons (Fsp3) is 0.381. The summed E-state index contributed by atoms with van der Waals surface area (Å²) in [4.78, 5) is 21.1. The van der Waals surface area contributed by atoms with E-state index in [0.717, 1.165) is 41.8 Å². The monoisotopic (exact) mass is 347 g/mol. The zero-order valence-corrected chi connectivity index (χ0v) is 14.5. The van der Waals surface area contributed by atoms with Crippen LogP contribution < -0.4 is 10.1 Å². The van der Waals surface area contributed by atoms with Crippen LogP contribution in [0.4, 0.5) is 0 Å². The molecule has 0 spiro atoms. The number of amides is 1. The third kappa shape index (κ3) is 2.68.